The smallest absolute Gasteiger partial charge is 0.292 e. The highest BCUT2D eigenvalue weighted by Gasteiger charge is 2.06. The molecule has 72 valence electrons. The first-order chi connectivity index (χ1) is 6.66. The minimum atomic E-state index is 0.0305. The van der Waals surface area contributed by atoms with Gasteiger partial charge in [0.1, 0.15) is 5.75 Å². The average Bonchev–Trinajstić information content (AvgIpc) is 2.57. The number of benzene rings is 1. The maximum absolute atomic E-state index is 9.19. The molecule has 1 aromatic heterocycles. The lowest BCUT2D eigenvalue weighted by Gasteiger charge is -1.98. The van der Waals surface area contributed by atoms with Gasteiger partial charge in [0.2, 0.25) is 0 Å². The molecule has 0 bridgehead atoms. The van der Waals surface area contributed by atoms with Crippen molar-refractivity contribution in [3.05, 3.63) is 29.4 Å². The molecule has 5 heteroatoms. The number of nitrogens with zero attached hydrogens (tertiary/aromatic N) is 1. The molecule has 1 aromatic carbocycles. The molecule has 0 saturated carbocycles. The Labute approximate surface area is 84.9 Å². The van der Waals surface area contributed by atoms with E-state index in [1.165, 1.54) is 12.3 Å². The van der Waals surface area contributed by atoms with E-state index in [9.17, 15) is 5.11 Å². The molecule has 0 aliphatic carbocycles. The molecule has 0 radical (unpaired) electrons. The second-order valence-electron chi connectivity index (χ2n) is 2.73. The quantitative estimate of drug-likeness (QED) is 0.758. The molecule has 2 aromatic rings. The van der Waals surface area contributed by atoms with Crippen molar-refractivity contribution in [2.24, 2.45) is 0 Å². The van der Waals surface area contributed by atoms with E-state index < -0.39 is 0 Å². The van der Waals surface area contributed by atoms with Gasteiger partial charge in [0.05, 0.1) is 11.2 Å². The number of aromatic hydroxyl groups is 1. The fraction of sp³-hybridized carbons (Fsp3) is 0. The molecule has 2 rings (SSSR count). The summed E-state index contributed by atoms with van der Waals surface area (Å²) in [4.78, 5) is 3.75. The van der Waals surface area contributed by atoms with Gasteiger partial charge in [-0.15, -0.1) is 0 Å². The van der Waals surface area contributed by atoms with Crippen LogP contribution in [0.3, 0.4) is 0 Å². The van der Waals surface area contributed by atoms with Crippen molar-refractivity contribution in [1.29, 1.82) is 0 Å². The Balaban J connectivity index is 2.47. The van der Waals surface area contributed by atoms with Crippen LogP contribution < -0.4 is 5.73 Å². The molecule has 0 fully saturated rings. The summed E-state index contributed by atoms with van der Waals surface area (Å²) in [6.45, 7) is 0. The van der Waals surface area contributed by atoms with Crippen LogP contribution in [0.1, 0.15) is 0 Å². The average molecular weight is 211 g/mol. The summed E-state index contributed by atoms with van der Waals surface area (Å²) in [7, 11) is 0. The zero-order valence-corrected chi connectivity index (χ0v) is 7.82. The van der Waals surface area contributed by atoms with E-state index >= 15 is 0 Å². The standard InChI is InChI=1S/C9H7ClN2O2/c10-6-3-5(1-2-7(6)13)8-4-12-9(11)14-8/h1-4,13H,(H2,11,12). The highest BCUT2D eigenvalue weighted by Crippen LogP contribution is 2.29. The van der Waals surface area contributed by atoms with Crippen LogP contribution in [-0.4, -0.2) is 10.1 Å². The van der Waals surface area contributed by atoms with Crippen LogP contribution in [0.25, 0.3) is 11.3 Å². The fourth-order valence-electron chi connectivity index (χ4n) is 1.08. The summed E-state index contributed by atoms with van der Waals surface area (Å²) in [6.07, 6.45) is 1.50. The minimum Gasteiger partial charge on any atom is -0.506 e. The van der Waals surface area contributed by atoms with Crippen LogP contribution in [0.15, 0.2) is 28.8 Å². The topological polar surface area (TPSA) is 72.3 Å². The van der Waals surface area contributed by atoms with Crippen LogP contribution in [0.4, 0.5) is 6.01 Å². The van der Waals surface area contributed by atoms with E-state index in [1.807, 2.05) is 0 Å². The van der Waals surface area contributed by atoms with Crippen molar-refractivity contribution in [3.8, 4) is 17.1 Å². The van der Waals surface area contributed by atoms with Crippen molar-refractivity contribution in [2.75, 3.05) is 5.73 Å². The lowest BCUT2D eigenvalue weighted by Crippen LogP contribution is -1.80. The summed E-state index contributed by atoms with van der Waals surface area (Å²) in [5, 5.41) is 9.45. The van der Waals surface area contributed by atoms with Gasteiger partial charge >= 0.3 is 0 Å². The van der Waals surface area contributed by atoms with Gasteiger partial charge < -0.3 is 15.3 Å². The highest BCUT2D eigenvalue weighted by molar-refractivity contribution is 6.32. The number of anilines is 1. The first-order valence-electron chi connectivity index (χ1n) is 3.87. The van der Waals surface area contributed by atoms with Gasteiger partial charge in [0.25, 0.3) is 6.01 Å². The molecule has 0 spiro atoms. The number of nitrogen functional groups attached to an aromatic ring is 1. The number of nitrogens with two attached hydrogens (primary N) is 1. The fourth-order valence-corrected chi connectivity index (χ4v) is 1.26. The third-order valence-corrected chi connectivity index (χ3v) is 2.06. The summed E-state index contributed by atoms with van der Waals surface area (Å²) >= 11 is 5.73. The van der Waals surface area contributed by atoms with Crippen LogP contribution in [-0.2, 0) is 0 Å². The van der Waals surface area contributed by atoms with Gasteiger partial charge in [-0.3, -0.25) is 0 Å². The molecule has 1 heterocycles. The van der Waals surface area contributed by atoms with E-state index in [0.29, 0.717) is 5.76 Å². The minimum absolute atomic E-state index is 0.0305. The molecule has 4 nitrogen and oxygen atoms in total. The Bertz CT molecular complexity index is 468. The van der Waals surface area contributed by atoms with Gasteiger partial charge in [-0.1, -0.05) is 11.6 Å². The molecule has 0 unspecified atom stereocenters. The van der Waals surface area contributed by atoms with E-state index in [0.717, 1.165) is 5.56 Å². The number of hydrogen-bond acceptors (Lipinski definition) is 4. The molecule has 0 aliphatic rings. The molecule has 0 atom stereocenters. The largest absolute Gasteiger partial charge is 0.506 e. The zero-order chi connectivity index (χ0) is 10.1. The summed E-state index contributed by atoms with van der Waals surface area (Å²) < 4.78 is 5.09. The molecule has 14 heavy (non-hydrogen) atoms. The van der Waals surface area contributed by atoms with Crippen LogP contribution in [0, 0.1) is 0 Å². The number of rotatable bonds is 1. The summed E-state index contributed by atoms with van der Waals surface area (Å²) in [6, 6.07) is 4.83. The van der Waals surface area contributed by atoms with Gasteiger partial charge in [-0.2, -0.15) is 0 Å². The molecular formula is C9H7ClN2O2. The monoisotopic (exact) mass is 210 g/mol. The van der Waals surface area contributed by atoms with Crippen molar-refractivity contribution < 1.29 is 9.52 Å². The van der Waals surface area contributed by atoms with Crippen LogP contribution in [0.2, 0.25) is 5.02 Å². The Morgan fingerprint density at radius 1 is 1.43 bits per heavy atom. The van der Waals surface area contributed by atoms with Crippen LogP contribution in [0.5, 0.6) is 5.75 Å². The van der Waals surface area contributed by atoms with Crippen LogP contribution >= 0.6 is 11.6 Å². The van der Waals surface area contributed by atoms with Crippen molar-refractivity contribution in [2.45, 2.75) is 0 Å². The maximum Gasteiger partial charge on any atom is 0.292 e. The van der Waals surface area contributed by atoms with Crippen molar-refractivity contribution in [1.82, 2.24) is 4.98 Å². The summed E-state index contributed by atoms with van der Waals surface area (Å²) in [5.74, 6) is 0.548. The predicted octanol–water partition coefficient (Wildman–Crippen LogP) is 2.28. The van der Waals surface area contributed by atoms with Gasteiger partial charge in [0.15, 0.2) is 5.76 Å². The second kappa shape index (κ2) is 3.23. The third-order valence-electron chi connectivity index (χ3n) is 1.76. The lowest BCUT2D eigenvalue weighted by atomic mass is 10.2. The zero-order valence-electron chi connectivity index (χ0n) is 7.07. The first kappa shape index (κ1) is 8.90. The van der Waals surface area contributed by atoms with E-state index in [4.69, 9.17) is 21.8 Å². The summed E-state index contributed by atoms with van der Waals surface area (Å²) in [5.41, 5.74) is 6.04. The van der Waals surface area contributed by atoms with Gasteiger partial charge in [-0.25, -0.2) is 4.98 Å². The van der Waals surface area contributed by atoms with Crippen molar-refractivity contribution >= 4 is 17.6 Å². The molecule has 0 aliphatic heterocycles. The third kappa shape index (κ3) is 1.52. The Kier molecular flexibility index (Phi) is 2.05. The maximum atomic E-state index is 9.19. The van der Waals surface area contributed by atoms with E-state index in [-0.39, 0.29) is 16.8 Å². The highest BCUT2D eigenvalue weighted by atomic mass is 35.5. The Morgan fingerprint density at radius 2 is 2.21 bits per heavy atom. The Hall–Kier alpha value is -1.68. The van der Waals surface area contributed by atoms with Gasteiger partial charge in [0, 0.05) is 5.56 Å². The molecule has 3 N–H and O–H groups in total. The number of hydrogen-bond donors (Lipinski definition) is 2. The van der Waals surface area contributed by atoms with E-state index in [1.54, 1.807) is 12.1 Å². The SMILES string of the molecule is Nc1ncc(-c2ccc(O)c(Cl)c2)o1. The number of halogens is 1. The van der Waals surface area contributed by atoms with Crippen molar-refractivity contribution in [3.63, 3.8) is 0 Å². The normalized spacial score (nSPS) is 10.4. The number of aromatic nitrogens is 1. The number of phenolic OH excluding ortho intramolecular Hbond substituents is 1. The molecule has 0 saturated heterocycles. The lowest BCUT2D eigenvalue weighted by molar-refractivity contribution is 0.475. The predicted molar refractivity (Wildman–Crippen MR) is 53.0 cm³/mol. The molecule has 0 amide bonds. The van der Waals surface area contributed by atoms with Gasteiger partial charge in [-0.05, 0) is 18.2 Å². The number of oxazole rings is 1. The number of phenols is 1. The second-order valence-corrected chi connectivity index (χ2v) is 3.14. The Morgan fingerprint density at radius 3 is 2.79 bits per heavy atom. The first-order valence-corrected chi connectivity index (χ1v) is 4.25. The molecular weight excluding hydrogens is 204 g/mol. The van der Waals surface area contributed by atoms with E-state index in [2.05, 4.69) is 4.98 Å².